The van der Waals surface area contributed by atoms with E-state index in [1.165, 1.54) is 0 Å². The molecular weight excluding hydrogens is 407 g/mol. The van der Waals surface area contributed by atoms with Gasteiger partial charge in [-0.3, -0.25) is 4.79 Å². The zero-order valence-corrected chi connectivity index (χ0v) is 17.9. The Hall–Kier alpha value is -2.76. The number of carbonyl (C=O) groups is 1. The predicted molar refractivity (Wildman–Crippen MR) is 120 cm³/mol. The van der Waals surface area contributed by atoms with Gasteiger partial charge in [0.05, 0.1) is 10.0 Å². The van der Waals surface area contributed by atoms with Crippen LogP contribution in [0.1, 0.15) is 25.0 Å². The minimum atomic E-state index is -0.323. The zero-order chi connectivity index (χ0) is 21.2. The number of halogens is 2. The number of carbonyl (C=O) groups excluding carboxylic acids is 1. The highest BCUT2D eigenvalue weighted by atomic mass is 35.5. The van der Waals surface area contributed by atoms with E-state index in [4.69, 9.17) is 28.6 Å². The van der Waals surface area contributed by atoms with Gasteiger partial charge in [-0.05, 0) is 48.8 Å². The molecule has 0 radical (unpaired) electrons. The topological polar surface area (TPSA) is 77.0 Å². The van der Waals surface area contributed by atoms with Crippen molar-refractivity contribution in [3.05, 3.63) is 92.9 Å². The van der Waals surface area contributed by atoms with Crippen LogP contribution in [0.3, 0.4) is 0 Å². The Kier molecular flexibility index (Phi) is 8.77. The lowest BCUT2D eigenvalue weighted by molar-refractivity contribution is -0.117. The first kappa shape index (κ1) is 22.5. The van der Waals surface area contributed by atoms with Gasteiger partial charge < -0.3 is 21.4 Å². The van der Waals surface area contributed by atoms with E-state index in [0.717, 1.165) is 17.3 Å². The van der Waals surface area contributed by atoms with Crippen LogP contribution in [-0.4, -0.2) is 12.1 Å². The summed E-state index contributed by atoms with van der Waals surface area (Å²) in [6.07, 6.45) is 2.93. The second-order valence-corrected chi connectivity index (χ2v) is 7.11. The fraction of sp³-hybridized carbons (Fsp3) is 0.182. The first-order chi connectivity index (χ1) is 13.9. The third-order valence-corrected chi connectivity index (χ3v) is 4.89. The molecule has 2 aromatic carbocycles. The third-order valence-electron chi connectivity index (χ3n) is 4.15. The van der Waals surface area contributed by atoms with Crippen LogP contribution in [0.2, 0.25) is 10.0 Å². The molecule has 29 heavy (non-hydrogen) atoms. The number of hydrogen-bond acceptors (Lipinski definition) is 4. The predicted octanol–water partition coefficient (Wildman–Crippen LogP) is 4.77. The van der Waals surface area contributed by atoms with E-state index in [2.05, 4.69) is 16.0 Å². The Labute approximate surface area is 181 Å². The summed E-state index contributed by atoms with van der Waals surface area (Å²) in [5.41, 5.74) is 2.86. The van der Waals surface area contributed by atoms with Crippen molar-refractivity contribution >= 4 is 35.3 Å². The standard InChI is InChI=1S/C22H24Cl2N4O/c1-3-20(26-14-17-9-10-18(23)19(24)11-17)28-22(29)21(15(2)12-25)27-13-16-7-5-4-6-8-16/h3-12,25-27H,13-14H2,1-2H3,(H,28,29)/b20-3+,21-15-,25-12?. The van der Waals surface area contributed by atoms with Crippen molar-refractivity contribution in [1.82, 2.24) is 16.0 Å². The highest BCUT2D eigenvalue weighted by molar-refractivity contribution is 6.42. The molecule has 1 amide bonds. The highest BCUT2D eigenvalue weighted by Gasteiger charge is 2.13. The monoisotopic (exact) mass is 430 g/mol. The largest absolute Gasteiger partial charge is 0.376 e. The van der Waals surface area contributed by atoms with Crippen LogP contribution in [0.4, 0.5) is 0 Å². The molecule has 0 aromatic heterocycles. The number of allylic oxidation sites excluding steroid dienone is 2. The van der Waals surface area contributed by atoms with Crippen molar-refractivity contribution in [3.63, 3.8) is 0 Å². The molecule has 7 heteroatoms. The molecule has 0 unspecified atom stereocenters. The summed E-state index contributed by atoms with van der Waals surface area (Å²) in [4.78, 5) is 12.8. The number of amides is 1. The first-order valence-corrected chi connectivity index (χ1v) is 9.84. The van der Waals surface area contributed by atoms with Crippen LogP contribution >= 0.6 is 23.2 Å². The van der Waals surface area contributed by atoms with Gasteiger partial charge in [-0.2, -0.15) is 0 Å². The van der Waals surface area contributed by atoms with E-state index in [1.807, 2.05) is 43.3 Å². The Bertz CT molecular complexity index is 924. The summed E-state index contributed by atoms with van der Waals surface area (Å²) >= 11 is 12.0. The van der Waals surface area contributed by atoms with E-state index < -0.39 is 0 Å². The average Bonchev–Trinajstić information content (AvgIpc) is 2.74. The molecule has 2 aromatic rings. The van der Waals surface area contributed by atoms with Crippen LogP contribution in [0, 0.1) is 5.41 Å². The lowest BCUT2D eigenvalue weighted by Crippen LogP contribution is -2.36. The molecule has 0 bridgehead atoms. The minimum absolute atomic E-state index is 0.323. The van der Waals surface area contributed by atoms with Crippen molar-refractivity contribution in [1.29, 1.82) is 5.41 Å². The SMILES string of the molecule is C/C=C(\NCc1ccc(Cl)c(Cl)c1)NC(=O)/C(NCc1ccccc1)=C(\C)C=N. The number of benzene rings is 2. The summed E-state index contributed by atoms with van der Waals surface area (Å²) in [7, 11) is 0. The molecule has 0 aliphatic heterocycles. The van der Waals surface area contributed by atoms with E-state index in [1.54, 1.807) is 25.1 Å². The van der Waals surface area contributed by atoms with Gasteiger partial charge >= 0.3 is 0 Å². The summed E-state index contributed by atoms with van der Waals surface area (Å²) in [5, 5.41) is 17.6. The quantitative estimate of drug-likeness (QED) is 0.341. The van der Waals surface area contributed by atoms with Crippen molar-refractivity contribution in [3.8, 4) is 0 Å². The van der Waals surface area contributed by atoms with Gasteiger partial charge in [-0.15, -0.1) is 0 Å². The van der Waals surface area contributed by atoms with Crippen molar-refractivity contribution in [2.75, 3.05) is 0 Å². The van der Waals surface area contributed by atoms with Crippen LogP contribution < -0.4 is 16.0 Å². The maximum absolute atomic E-state index is 12.8. The summed E-state index contributed by atoms with van der Waals surface area (Å²) in [5.74, 6) is 0.231. The van der Waals surface area contributed by atoms with Crippen LogP contribution in [-0.2, 0) is 17.9 Å². The molecule has 0 saturated heterocycles. The lowest BCUT2D eigenvalue weighted by atomic mass is 10.2. The first-order valence-electron chi connectivity index (χ1n) is 9.09. The Morgan fingerprint density at radius 3 is 2.31 bits per heavy atom. The molecule has 2 rings (SSSR count). The Balaban J connectivity index is 2.02. The number of hydrogen-bond donors (Lipinski definition) is 4. The zero-order valence-electron chi connectivity index (χ0n) is 16.4. The Morgan fingerprint density at radius 2 is 1.69 bits per heavy atom. The molecule has 5 nitrogen and oxygen atoms in total. The second kappa shape index (κ2) is 11.3. The van der Waals surface area contributed by atoms with E-state index in [-0.39, 0.29) is 5.91 Å². The second-order valence-electron chi connectivity index (χ2n) is 6.30. The molecule has 0 fully saturated rings. The molecule has 152 valence electrons. The van der Waals surface area contributed by atoms with Gasteiger partial charge in [0, 0.05) is 19.3 Å². The number of rotatable bonds is 9. The fourth-order valence-electron chi connectivity index (χ4n) is 2.51. The van der Waals surface area contributed by atoms with Crippen LogP contribution in [0.25, 0.3) is 0 Å². The van der Waals surface area contributed by atoms with Gasteiger partial charge in [0.2, 0.25) is 0 Å². The van der Waals surface area contributed by atoms with Crippen molar-refractivity contribution in [2.24, 2.45) is 0 Å². The van der Waals surface area contributed by atoms with Gasteiger partial charge in [-0.25, -0.2) is 0 Å². The molecule has 0 aliphatic rings. The van der Waals surface area contributed by atoms with Crippen LogP contribution in [0.5, 0.6) is 0 Å². The molecular formula is C22H24Cl2N4O. The van der Waals surface area contributed by atoms with Gasteiger partial charge in [0.25, 0.3) is 5.91 Å². The molecule has 0 atom stereocenters. The van der Waals surface area contributed by atoms with Crippen molar-refractivity contribution in [2.45, 2.75) is 26.9 Å². The Morgan fingerprint density at radius 1 is 1.00 bits per heavy atom. The smallest absolute Gasteiger partial charge is 0.273 e. The van der Waals surface area contributed by atoms with E-state index in [9.17, 15) is 4.79 Å². The molecule has 0 aliphatic carbocycles. The third kappa shape index (κ3) is 6.97. The number of nitrogens with one attached hydrogen (secondary N) is 4. The summed E-state index contributed by atoms with van der Waals surface area (Å²) < 4.78 is 0. The summed E-state index contributed by atoms with van der Waals surface area (Å²) in [6.45, 7) is 4.49. The average molecular weight is 431 g/mol. The maximum atomic E-state index is 12.8. The molecule has 0 spiro atoms. The molecule has 4 N–H and O–H groups in total. The maximum Gasteiger partial charge on any atom is 0.273 e. The molecule has 0 saturated carbocycles. The fourth-order valence-corrected chi connectivity index (χ4v) is 2.83. The van der Waals surface area contributed by atoms with Crippen molar-refractivity contribution < 1.29 is 4.79 Å². The van der Waals surface area contributed by atoms with E-state index in [0.29, 0.717) is 40.2 Å². The lowest BCUT2D eigenvalue weighted by Gasteiger charge is -2.16. The van der Waals surface area contributed by atoms with E-state index >= 15 is 0 Å². The minimum Gasteiger partial charge on any atom is -0.376 e. The van der Waals surface area contributed by atoms with Gasteiger partial charge in [0.15, 0.2) is 0 Å². The summed E-state index contributed by atoms with van der Waals surface area (Å²) in [6, 6.07) is 15.1. The normalized spacial score (nSPS) is 12.1. The van der Waals surface area contributed by atoms with Crippen LogP contribution in [0.15, 0.2) is 71.7 Å². The highest BCUT2D eigenvalue weighted by Crippen LogP contribution is 2.22. The van der Waals surface area contributed by atoms with Gasteiger partial charge in [-0.1, -0.05) is 59.6 Å². The van der Waals surface area contributed by atoms with Gasteiger partial charge in [0.1, 0.15) is 11.5 Å². The molecule has 0 heterocycles.